The molecule has 1 amide bonds. The van der Waals surface area contributed by atoms with E-state index in [-0.39, 0.29) is 11.8 Å². The summed E-state index contributed by atoms with van der Waals surface area (Å²) in [5.74, 6) is 1.96. The number of hydrogen-bond donors (Lipinski definition) is 2. The Morgan fingerprint density at radius 1 is 1.32 bits per heavy atom. The van der Waals surface area contributed by atoms with E-state index in [2.05, 4.69) is 15.5 Å². The molecule has 0 bridgehead atoms. The molecule has 3 rings (SSSR count). The Morgan fingerprint density at radius 3 is 2.96 bits per heavy atom. The lowest BCUT2D eigenvalue weighted by molar-refractivity contribution is -0.124. The van der Waals surface area contributed by atoms with Crippen molar-refractivity contribution in [1.82, 2.24) is 20.6 Å². The smallest absolute Gasteiger partial charge is 0.224 e. The van der Waals surface area contributed by atoms with Crippen LogP contribution in [0.4, 0.5) is 5.82 Å². The van der Waals surface area contributed by atoms with E-state index in [4.69, 9.17) is 14.7 Å². The minimum Gasteiger partial charge on any atom is -0.374 e. The van der Waals surface area contributed by atoms with Gasteiger partial charge >= 0.3 is 0 Å². The molecule has 25 heavy (non-hydrogen) atoms. The quantitative estimate of drug-likeness (QED) is 0.787. The van der Waals surface area contributed by atoms with Crippen molar-refractivity contribution in [1.29, 1.82) is 0 Å². The molecule has 0 aliphatic carbocycles. The molecule has 1 aromatic rings. The number of ether oxygens (including phenoxy) is 1. The number of anilines is 1. The van der Waals surface area contributed by atoms with E-state index in [1.807, 2.05) is 13.8 Å². The third-order valence-corrected chi connectivity index (χ3v) is 4.85. The minimum absolute atomic E-state index is 0.0461. The highest BCUT2D eigenvalue weighted by molar-refractivity contribution is 5.80. The predicted octanol–water partition coefficient (Wildman–Crippen LogP) is 0.664. The van der Waals surface area contributed by atoms with Crippen LogP contribution in [0.3, 0.4) is 0 Å². The molecule has 0 aromatic carbocycles. The molecular formula is C18H29N5O2. The van der Waals surface area contributed by atoms with Crippen LogP contribution in [0.2, 0.25) is 0 Å². The maximum absolute atomic E-state index is 12.2. The van der Waals surface area contributed by atoms with Crippen LogP contribution in [-0.4, -0.2) is 55.2 Å². The van der Waals surface area contributed by atoms with Crippen LogP contribution in [-0.2, 0) is 29.0 Å². The molecule has 7 nitrogen and oxygen atoms in total. The van der Waals surface area contributed by atoms with Crippen molar-refractivity contribution < 1.29 is 9.53 Å². The van der Waals surface area contributed by atoms with Crippen molar-refractivity contribution >= 4 is 11.7 Å². The van der Waals surface area contributed by atoms with Crippen LogP contribution in [0.1, 0.15) is 37.4 Å². The van der Waals surface area contributed by atoms with Crippen molar-refractivity contribution in [3.05, 3.63) is 17.1 Å². The number of carbonyl (C=O) groups excluding carboxylic acids is 1. The lowest BCUT2D eigenvalue weighted by atomic mass is 10.1. The van der Waals surface area contributed by atoms with Crippen LogP contribution in [0, 0.1) is 5.92 Å². The first kappa shape index (κ1) is 18.1. The van der Waals surface area contributed by atoms with Crippen molar-refractivity contribution in [2.45, 2.75) is 39.7 Å². The highest BCUT2D eigenvalue weighted by atomic mass is 16.5. The fraction of sp³-hybridized carbons (Fsp3) is 0.722. The molecule has 0 spiro atoms. The Morgan fingerprint density at radius 2 is 2.16 bits per heavy atom. The van der Waals surface area contributed by atoms with Gasteiger partial charge in [0.25, 0.3) is 0 Å². The van der Waals surface area contributed by atoms with Crippen LogP contribution in [0.25, 0.3) is 0 Å². The van der Waals surface area contributed by atoms with Crippen LogP contribution in [0.5, 0.6) is 0 Å². The highest BCUT2D eigenvalue weighted by Crippen LogP contribution is 2.28. The van der Waals surface area contributed by atoms with E-state index in [1.54, 1.807) is 0 Å². The summed E-state index contributed by atoms with van der Waals surface area (Å²) in [6, 6.07) is 0. The molecule has 2 aliphatic rings. The molecule has 2 N–H and O–H groups in total. The van der Waals surface area contributed by atoms with Crippen LogP contribution >= 0.6 is 0 Å². The zero-order chi connectivity index (χ0) is 17.6. The molecule has 0 saturated carbocycles. The Labute approximate surface area is 149 Å². The summed E-state index contributed by atoms with van der Waals surface area (Å²) >= 11 is 0. The molecule has 0 unspecified atom stereocenters. The monoisotopic (exact) mass is 347 g/mol. The summed E-state index contributed by atoms with van der Waals surface area (Å²) in [6.45, 7) is 9.21. The van der Waals surface area contributed by atoms with Gasteiger partial charge in [0.2, 0.25) is 5.91 Å². The van der Waals surface area contributed by atoms with E-state index in [0.29, 0.717) is 19.8 Å². The zero-order valence-corrected chi connectivity index (χ0v) is 15.3. The number of amides is 1. The van der Waals surface area contributed by atoms with Crippen molar-refractivity contribution in [3.63, 3.8) is 0 Å². The van der Waals surface area contributed by atoms with E-state index in [9.17, 15) is 4.79 Å². The van der Waals surface area contributed by atoms with Crippen molar-refractivity contribution in [2.75, 3.05) is 44.2 Å². The molecule has 138 valence electrons. The van der Waals surface area contributed by atoms with E-state index < -0.39 is 0 Å². The average molecular weight is 347 g/mol. The summed E-state index contributed by atoms with van der Waals surface area (Å²) in [7, 11) is 0. The second kappa shape index (κ2) is 8.58. The predicted molar refractivity (Wildman–Crippen MR) is 96.6 cm³/mol. The van der Waals surface area contributed by atoms with E-state index in [1.165, 1.54) is 5.56 Å². The first-order valence-electron chi connectivity index (χ1n) is 9.42. The van der Waals surface area contributed by atoms with Crippen LogP contribution in [0.15, 0.2) is 0 Å². The Kier molecular flexibility index (Phi) is 6.20. The van der Waals surface area contributed by atoms with Gasteiger partial charge in [0, 0.05) is 44.8 Å². The Balaban J connectivity index is 1.85. The van der Waals surface area contributed by atoms with Gasteiger partial charge < -0.3 is 20.3 Å². The summed E-state index contributed by atoms with van der Waals surface area (Å²) in [5, 5.41) is 6.38. The SMILES string of the molecule is CCNC(=O)[C@@H]1CCN(c2nc(COCC)nc3c2CCNCC3)C1. The number of carbonyl (C=O) groups is 1. The highest BCUT2D eigenvalue weighted by Gasteiger charge is 2.31. The number of nitrogens with zero attached hydrogens (tertiary/aromatic N) is 3. The largest absolute Gasteiger partial charge is 0.374 e. The number of fused-ring (bicyclic) bond motifs is 1. The maximum atomic E-state index is 12.2. The fourth-order valence-electron chi connectivity index (χ4n) is 3.58. The topological polar surface area (TPSA) is 79.4 Å². The summed E-state index contributed by atoms with van der Waals surface area (Å²) in [4.78, 5) is 24.0. The molecule has 2 aliphatic heterocycles. The minimum atomic E-state index is 0.0461. The van der Waals surface area contributed by atoms with Gasteiger partial charge in [-0.05, 0) is 33.2 Å². The normalized spacial score (nSPS) is 20.2. The van der Waals surface area contributed by atoms with Crippen molar-refractivity contribution in [2.24, 2.45) is 5.92 Å². The molecule has 1 aromatic heterocycles. The molecule has 7 heteroatoms. The first-order valence-corrected chi connectivity index (χ1v) is 9.42. The molecule has 1 atom stereocenters. The van der Waals surface area contributed by atoms with Gasteiger partial charge in [-0.3, -0.25) is 4.79 Å². The fourth-order valence-corrected chi connectivity index (χ4v) is 3.58. The lowest BCUT2D eigenvalue weighted by Gasteiger charge is -2.22. The standard InChI is InChI=1S/C18H29N5O2/c1-3-20-18(24)13-7-10-23(11-13)17-14-5-8-19-9-6-15(14)21-16(22-17)12-25-4-2/h13,19H,3-12H2,1-2H3,(H,20,24)/t13-/m1/s1. The molecule has 1 fully saturated rings. The summed E-state index contributed by atoms with van der Waals surface area (Å²) in [5.41, 5.74) is 2.37. The van der Waals surface area contributed by atoms with Gasteiger partial charge in [0.05, 0.1) is 11.6 Å². The summed E-state index contributed by atoms with van der Waals surface area (Å²) in [6.07, 6.45) is 2.73. The van der Waals surface area contributed by atoms with Crippen molar-refractivity contribution in [3.8, 4) is 0 Å². The van der Waals surface area contributed by atoms with E-state index >= 15 is 0 Å². The van der Waals surface area contributed by atoms with E-state index in [0.717, 1.165) is 62.8 Å². The number of aromatic nitrogens is 2. The maximum Gasteiger partial charge on any atom is 0.224 e. The number of rotatable bonds is 6. The number of hydrogen-bond acceptors (Lipinski definition) is 6. The third kappa shape index (κ3) is 4.27. The molecule has 3 heterocycles. The molecular weight excluding hydrogens is 318 g/mol. The zero-order valence-electron chi connectivity index (χ0n) is 15.3. The Bertz CT molecular complexity index is 607. The van der Waals surface area contributed by atoms with Gasteiger partial charge in [0.1, 0.15) is 12.4 Å². The second-order valence-electron chi connectivity index (χ2n) is 6.60. The lowest BCUT2D eigenvalue weighted by Crippen LogP contribution is -2.33. The van der Waals surface area contributed by atoms with Crippen LogP contribution < -0.4 is 15.5 Å². The van der Waals surface area contributed by atoms with Gasteiger partial charge in [-0.1, -0.05) is 0 Å². The first-order chi connectivity index (χ1) is 12.2. The second-order valence-corrected chi connectivity index (χ2v) is 6.60. The van der Waals surface area contributed by atoms with Gasteiger partial charge in [0.15, 0.2) is 5.82 Å². The summed E-state index contributed by atoms with van der Waals surface area (Å²) < 4.78 is 5.53. The van der Waals surface area contributed by atoms with Gasteiger partial charge in [-0.25, -0.2) is 9.97 Å². The molecule has 0 radical (unpaired) electrons. The number of nitrogens with one attached hydrogen (secondary N) is 2. The third-order valence-electron chi connectivity index (χ3n) is 4.85. The van der Waals surface area contributed by atoms with Gasteiger partial charge in [-0.2, -0.15) is 0 Å². The molecule has 1 saturated heterocycles. The Hall–Kier alpha value is -1.73. The van der Waals surface area contributed by atoms with Gasteiger partial charge in [-0.15, -0.1) is 0 Å². The average Bonchev–Trinajstić information content (AvgIpc) is 2.99.